The lowest BCUT2D eigenvalue weighted by atomic mass is 10.1. The lowest BCUT2D eigenvalue weighted by Crippen LogP contribution is -2.33. The van der Waals surface area contributed by atoms with Gasteiger partial charge in [-0.05, 0) is 46.3 Å². The third-order valence-electron chi connectivity index (χ3n) is 3.75. The summed E-state index contributed by atoms with van der Waals surface area (Å²) in [6, 6.07) is 13.6. The quantitative estimate of drug-likeness (QED) is 0.529. The van der Waals surface area contributed by atoms with Crippen molar-refractivity contribution in [2.24, 2.45) is 5.73 Å². The molecule has 0 aliphatic heterocycles. The standard InChI is InChI=1S/C18H17N7O3/c19-16(26)10-20-18(28)13-2-1-3-14(9-13)22-17(27)8-12-4-6-15(7-5-12)25-11-21-23-24-25/h1-7,9,11H,8,10H2,(H2,19,26)(H,20,28)(H,22,27). The Morgan fingerprint density at radius 2 is 1.86 bits per heavy atom. The zero-order chi connectivity index (χ0) is 19.9. The van der Waals surface area contributed by atoms with E-state index in [4.69, 9.17) is 5.73 Å². The van der Waals surface area contributed by atoms with Gasteiger partial charge in [0.1, 0.15) is 6.33 Å². The van der Waals surface area contributed by atoms with Gasteiger partial charge in [-0.3, -0.25) is 14.4 Å². The van der Waals surface area contributed by atoms with Crippen LogP contribution < -0.4 is 16.4 Å². The first-order valence-electron chi connectivity index (χ1n) is 8.30. The van der Waals surface area contributed by atoms with Crippen molar-refractivity contribution in [3.63, 3.8) is 0 Å². The van der Waals surface area contributed by atoms with E-state index in [0.717, 1.165) is 11.3 Å². The molecule has 10 heteroatoms. The van der Waals surface area contributed by atoms with Crippen molar-refractivity contribution in [2.75, 3.05) is 11.9 Å². The molecular formula is C18H17N7O3. The monoisotopic (exact) mass is 379 g/mol. The van der Waals surface area contributed by atoms with Crippen molar-refractivity contribution in [1.29, 1.82) is 0 Å². The van der Waals surface area contributed by atoms with Gasteiger partial charge < -0.3 is 16.4 Å². The molecule has 0 aliphatic carbocycles. The predicted molar refractivity (Wildman–Crippen MR) is 99.5 cm³/mol. The molecule has 0 saturated carbocycles. The van der Waals surface area contributed by atoms with E-state index >= 15 is 0 Å². The van der Waals surface area contributed by atoms with E-state index in [-0.39, 0.29) is 18.9 Å². The molecule has 0 bridgehead atoms. The van der Waals surface area contributed by atoms with Crippen LogP contribution in [0.4, 0.5) is 5.69 Å². The summed E-state index contributed by atoms with van der Waals surface area (Å²) in [4.78, 5) is 35.0. The summed E-state index contributed by atoms with van der Waals surface area (Å²) < 4.78 is 1.51. The van der Waals surface area contributed by atoms with Crippen molar-refractivity contribution >= 4 is 23.4 Å². The van der Waals surface area contributed by atoms with Crippen molar-refractivity contribution in [3.8, 4) is 5.69 Å². The first-order chi connectivity index (χ1) is 13.5. The Labute approximate surface area is 159 Å². The Hall–Kier alpha value is -4.08. The second kappa shape index (κ2) is 8.54. The van der Waals surface area contributed by atoms with Crippen LogP contribution in [-0.4, -0.2) is 44.5 Å². The zero-order valence-corrected chi connectivity index (χ0v) is 14.7. The SMILES string of the molecule is NC(=O)CNC(=O)c1cccc(NC(=O)Cc2ccc(-n3cnnn3)cc2)c1. The van der Waals surface area contributed by atoms with E-state index in [1.54, 1.807) is 18.2 Å². The van der Waals surface area contributed by atoms with Crippen molar-refractivity contribution < 1.29 is 14.4 Å². The van der Waals surface area contributed by atoms with Crippen LogP contribution in [0.2, 0.25) is 0 Å². The summed E-state index contributed by atoms with van der Waals surface area (Å²) >= 11 is 0. The largest absolute Gasteiger partial charge is 0.368 e. The Bertz CT molecular complexity index is 985. The molecule has 0 aliphatic rings. The van der Waals surface area contributed by atoms with Crippen LogP contribution in [0.5, 0.6) is 0 Å². The number of nitrogens with one attached hydrogen (secondary N) is 2. The molecule has 3 aromatic rings. The van der Waals surface area contributed by atoms with Crippen LogP contribution in [0.1, 0.15) is 15.9 Å². The van der Waals surface area contributed by atoms with Crippen molar-refractivity contribution in [2.45, 2.75) is 6.42 Å². The molecule has 0 unspecified atom stereocenters. The van der Waals surface area contributed by atoms with E-state index in [1.165, 1.54) is 17.1 Å². The molecule has 1 aromatic heterocycles. The maximum atomic E-state index is 12.3. The molecule has 28 heavy (non-hydrogen) atoms. The van der Waals surface area contributed by atoms with Gasteiger partial charge in [-0.15, -0.1) is 5.10 Å². The minimum atomic E-state index is -0.635. The highest BCUT2D eigenvalue weighted by atomic mass is 16.2. The molecule has 1 heterocycles. The fourth-order valence-corrected chi connectivity index (χ4v) is 2.44. The number of aromatic nitrogens is 4. The first kappa shape index (κ1) is 18.7. The minimum Gasteiger partial charge on any atom is -0.368 e. The Morgan fingerprint density at radius 3 is 2.54 bits per heavy atom. The van der Waals surface area contributed by atoms with Crippen molar-refractivity contribution in [1.82, 2.24) is 25.5 Å². The summed E-state index contributed by atoms with van der Waals surface area (Å²) in [5, 5.41) is 16.1. The minimum absolute atomic E-state index is 0.161. The summed E-state index contributed by atoms with van der Waals surface area (Å²) in [6.45, 7) is -0.254. The van der Waals surface area contributed by atoms with Gasteiger partial charge >= 0.3 is 0 Å². The molecule has 0 radical (unpaired) electrons. The second-order valence-corrected chi connectivity index (χ2v) is 5.88. The summed E-state index contributed by atoms with van der Waals surface area (Å²) in [7, 11) is 0. The maximum absolute atomic E-state index is 12.3. The number of benzene rings is 2. The summed E-state index contributed by atoms with van der Waals surface area (Å²) in [6.07, 6.45) is 1.64. The number of rotatable bonds is 7. The number of carbonyl (C=O) groups is 3. The van der Waals surface area contributed by atoms with Crippen LogP contribution >= 0.6 is 0 Å². The maximum Gasteiger partial charge on any atom is 0.251 e. The lowest BCUT2D eigenvalue weighted by molar-refractivity contribution is -0.117. The van der Waals surface area contributed by atoms with Gasteiger partial charge in [-0.25, -0.2) is 4.68 Å². The van der Waals surface area contributed by atoms with Gasteiger partial charge in [0, 0.05) is 11.3 Å². The Balaban J connectivity index is 1.59. The van der Waals surface area contributed by atoms with E-state index in [9.17, 15) is 14.4 Å². The van der Waals surface area contributed by atoms with Gasteiger partial charge in [-0.2, -0.15) is 0 Å². The number of hydrogen-bond donors (Lipinski definition) is 3. The number of tetrazole rings is 1. The molecule has 0 saturated heterocycles. The number of carbonyl (C=O) groups excluding carboxylic acids is 3. The lowest BCUT2D eigenvalue weighted by Gasteiger charge is -2.08. The fourth-order valence-electron chi connectivity index (χ4n) is 2.44. The highest BCUT2D eigenvalue weighted by Gasteiger charge is 2.09. The summed E-state index contributed by atoms with van der Waals surface area (Å²) in [5.41, 5.74) is 7.38. The molecule has 2 aromatic carbocycles. The smallest absolute Gasteiger partial charge is 0.251 e. The second-order valence-electron chi connectivity index (χ2n) is 5.88. The average molecular weight is 379 g/mol. The topological polar surface area (TPSA) is 145 Å². The molecule has 0 spiro atoms. The van der Waals surface area contributed by atoms with Gasteiger partial charge in [-0.1, -0.05) is 18.2 Å². The highest BCUT2D eigenvalue weighted by Crippen LogP contribution is 2.13. The molecule has 0 fully saturated rings. The molecule has 0 atom stereocenters. The van der Waals surface area contributed by atoms with Gasteiger partial charge in [0.15, 0.2) is 0 Å². The number of primary amides is 1. The van der Waals surface area contributed by atoms with Gasteiger partial charge in [0.25, 0.3) is 5.91 Å². The summed E-state index contributed by atoms with van der Waals surface area (Å²) in [5.74, 6) is -1.32. The molecule has 3 amide bonds. The predicted octanol–water partition coefficient (Wildman–Crippen LogP) is 0.0586. The van der Waals surface area contributed by atoms with Crippen LogP contribution in [0, 0.1) is 0 Å². The van der Waals surface area contributed by atoms with Crippen LogP contribution in [0.3, 0.4) is 0 Å². The van der Waals surface area contributed by atoms with Crippen molar-refractivity contribution in [3.05, 3.63) is 66.0 Å². The first-order valence-corrected chi connectivity index (χ1v) is 8.30. The van der Waals surface area contributed by atoms with Crippen LogP contribution in [-0.2, 0) is 16.0 Å². The molecule has 3 rings (SSSR count). The third-order valence-corrected chi connectivity index (χ3v) is 3.75. The molecular weight excluding hydrogens is 362 g/mol. The van der Waals surface area contributed by atoms with E-state index in [2.05, 4.69) is 26.2 Å². The van der Waals surface area contributed by atoms with E-state index in [1.807, 2.05) is 24.3 Å². The van der Waals surface area contributed by atoms with E-state index in [0.29, 0.717) is 11.3 Å². The Morgan fingerprint density at radius 1 is 1.07 bits per heavy atom. The number of nitrogens with two attached hydrogens (primary N) is 1. The number of anilines is 1. The normalized spacial score (nSPS) is 10.3. The molecule has 10 nitrogen and oxygen atoms in total. The Kier molecular flexibility index (Phi) is 5.70. The number of nitrogens with zero attached hydrogens (tertiary/aromatic N) is 4. The van der Waals surface area contributed by atoms with E-state index < -0.39 is 11.8 Å². The number of amides is 3. The number of hydrogen-bond acceptors (Lipinski definition) is 6. The van der Waals surface area contributed by atoms with Gasteiger partial charge in [0.2, 0.25) is 11.8 Å². The van der Waals surface area contributed by atoms with Crippen LogP contribution in [0.15, 0.2) is 54.9 Å². The van der Waals surface area contributed by atoms with Gasteiger partial charge in [0.05, 0.1) is 18.7 Å². The average Bonchev–Trinajstić information content (AvgIpc) is 3.21. The highest BCUT2D eigenvalue weighted by molar-refractivity contribution is 5.98. The van der Waals surface area contributed by atoms with Crippen LogP contribution in [0.25, 0.3) is 5.69 Å². The molecule has 142 valence electrons. The molecule has 4 N–H and O–H groups in total. The zero-order valence-electron chi connectivity index (χ0n) is 14.7. The fraction of sp³-hybridized carbons (Fsp3) is 0.111. The third kappa shape index (κ3) is 4.97.